The summed E-state index contributed by atoms with van der Waals surface area (Å²) >= 11 is 0. The average molecular weight is 239 g/mol. The van der Waals surface area contributed by atoms with Gasteiger partial charge in [-0.05, 0) is 38.0 Å². The highest BCUT2D eigenvalue weighted by Gasteiger charge is 2.37. The molecule has 16 heavy (non-hydrogen) atoms. The van der Waals surface area contributed by atoms with E-state index in [-0.39, 0.29) is 4.90 Å². The maximum Gasteiger partial charge on any atom is 0.242 e. The average Bonchev–Trinajstić information content (AvgIpc) is 2.18. The third-order valence-corrected chi connectivity index (χ3v) is 4.91. The van der Waals surface area contributed by atoms with Crippen molar-refractivity contribution in [2.24, 2.45) is 0 Å². The van der Waals surface area contributed by atoms with E-state index in [9.17, 15) is 13.2 Å². The van der Waals surface area contributed by atoms with Gasteiger partial charge < -0.3 is 5.32 Å². The zero-order valence-corrected chi connectivity index (χ0v) is 10.2. The van der Waals surface area contributed by atoms with Crippen molar-refractivity contribution in [2.75, 3.05) is 5.32 Å². The lowest BCUT2D eigenvalue weighted by molar-refractivity contribution is -0.115. The number of hydrogen-bond acceptors (Lipinski definition) is 3. The normalized spacial score (nSPS) is 22.4. The first kappa shape index (κ1) is 11.1. The van der Waals surface area contributed by atoms with Gasteiger partial charge in [0.05, 0.1) is 10.6 Å². The summed E-state index contributed by atoms with van der Waals surface area (Å²) in [6.45, 7) is 5.03. The van der Waals surface area contributed by atoms with Crippen LogP contribution in [0.4, 0.5) is 5.69 Å². The zero-order valence-electron chi connectivity index (χ0n) is 9.37. The van der Waals surface area contributed by atoms with Crippen molar-refractivity contribution in [3.05, 3.63) is 23.3 Å². The summed E-state index contributed by atoms with van der Waals surface area (Å²) in [5.41, 5.74) is 2.08. The van der Waals surface area contributed by atoms with Crippen LogP contribution in [-0.4, -0.2) is 19.6 Å². The molecule has 1 aliphatic rings. The van der Waals surface area contributed by atoms with Gasteiger partial charge in [-0.2, -0.15) is 0 Å². The van der Waals surface area contributed by atoms with Crippen molar-refractivity contribution in [1.29, 1.82) is 0 Å². The van der Waals surface area contributed by atoms with Crippen LogP contribution in [0.5, 0.6) is 0 Å². The summed E-state index contributed by atoms with van der Waals surface area (Å²) in [5.74, 6) is -0.459. The van der Waals surface area contributed by atoms with Crippen LogP contribution in [0.1, 0.15) is 18.1 Å². The number of fused-ring (bicyclic) bond motifs is 1. The molecule has 0 saturated heterocycles. The highest BCUT2D eigenvalue weighted by molar-refractivity contribution is 7.93. The molecule has 1 amide bonds. The number of carbonyl (C=O) groups excluding carboxylic acids is 1. The van der Waals surface area contributed by atoms with E-state index in [2.05, 4.69) is 5.32 Å². The van der Waals surface area contributed by atoms with Crippen LogP contribution < -0.4 is 5.32 Å². The summed E-state index contributed by atoms with van der Waals surface area (Å²) in [5, 5.41) is 1.63. The monoisotopic (exact) mass is 239 g/mol. The molecule has 0 bridgehead atoms. The molecule has 0 fully saturated rings. The molecule has 86 valence electrons. The number of aryl methyl sites for hydroxylation is 2. The number of anilines is 1. The molecule has 0 radical (unpaired) electrons. The molecule has 1 aromatic carbocycles. The standard InChI is InChI=1S/C11H13NO3S/c1-6-4-7(2)10-9(5-6)16(14,15)8(3)11(13)12-10/h4-5,8H,1-3H3,(H,12,13). The summed E-state index contributed by atoms with van der Waals surface area (Å²) in [6.07, 6.45) is 0. The first-order valence-corrected chi connectivity index (χ1v) is 6.54. The van der Waals surface area contributed by atoms with Gasteiger partial charge in [0, 0.05) is 0 Å². The van der Waals surface area contributed by atoms with Crippen LogP contribution in [0.2, 0.25) is 0 Å². The van der Waals surface area contributed by atoms with Crippen LogP contribution >= 0.6 is 0 Å². The van der Waals surface area contributed by atoms with Crippen molar-refractivity contribution in [1.82, 2.24) is 0 Å². The van der Waals surface area contributed by atoms with E-state index in [0.717, 1.165) is 11.1 Å². The molecular formula is C11H13NO3S. The van der Waals surface area contributed by atoms with Crippen LogP contribution in [0.3, 0.4) is 0 Å². The lowest BCUT2D eigenvalue weighted by Gasteiger charge is -2.24. The Kier molecular flexibility index (Phi) is 2.31. The van der Waals surface area contributed by atoms with Gasteiger partial charge in [0.2, 0.25) is 5.91 Å². The van der Waals surface area contributed by atoms with Crippen molar-refractivity contribution in [3.63, 3.8) is 0 Å². The largest absolute Gasteiger partial charge is 0.324 e. The van der Waals surface area contributed by atoms with E-state index >= 15 is 0 Å². The summed E-state index contributed by atoms with van der Waals surface area (Å²) in [7, 11) is -3.53. The SMILES string of the molecule is Cc1cc(C)c2c(c1)S(=O)(=O)C(C)C(=O)N2. The van der Waals surface area contributed by atoms with Gasteiger partial charge in [0.1, 0.15) is 5.25 Å². The molecule has 2 rings (SSSR count). The topological polar surface area (TPSA) is 63.2 Å². The lowest BCUT2D eigenvalue weighted by Crippen LogP contribution is -2.38. The molecule has 1 heterocycles. The van der Waals surface area contributed by atoms with Crippen LogP contribution in [0, 0.1) is 13.8 Å². The highest BCUT2D eigenvalue weighted by atomic mass is 32.2. The quantitative estimate of drug-likeness (QED) is 0.744. The van der Waals surface area contributed by atoms with E-state index < -0.39 is 21.0 Å². The second-order valence-corrected chi connectivity index (χ2v) is 6.37. The first-order chi connectivity index (χ1) is 7.34. The van der Waals surface area contributed by atoms with E-state index in [0.29, 0.717) is 5.69 Å². The summed E-state index contributed by atoms with van der Waals surface area (Å²) in [6, 6.07) is 3.46. The van der Waals surface area contributed by atoms with E-state index in [1.54, 1.807) is 13.0 Å². The molecule has 1 unspecified atom stereocenters. The second-order valence-electron chi connectivity index (χ2n) is 4.13. The maximum absolute atomic E-state index is 12.1. The van der Waals surface area contributed by atoms with Crippen LogP contribution in [0.25, 0.3) is 0 Å². The lowest BCUT2D eigenvalue weighted by atomic mass is 10.1. The predicted octanol–water partition coefficient (Wildman–Crippen LogP) is 1.42. The number of hydrogen-bond donors (Lipinski definition) is 1. The van der Waals surface area contributed by atoms with Gasteiger partial charge >= 0.3 is 0 Å². The van der Waals surface area contributed by atoms with Gasteiger partial charge in [0.15, 0.2) is 9.84 Å². The van der Waals surface area contributed by atoms with Gasteiger partial charge in [-0.25, -0.2) is 8.42 Å². The fourth-order valence-electron chi connectivity index (χ4n) is 1.87. The van der Waals surface area contributed by atoms with E-state index in [1.807, 2.05) is 13.0 Å². The third-order valence-electron chi connectivity index (χ3n) is 2.83. The van der Waals surface area contributed by atoms with E-state index in [4.69, 9.17) is 0 Å². The Morgan fingerprint density at radius 3 is 2.50 bits per heavy atom. The van der Waals surface area contributed by atoms with Crippen LogP contribution in [0.15, 0.2) is 17.0 Å². The number of sulfone groups is 1. The van der Waals surface area contributed by atoms with Gasteiger partial charge in [-0.15, -0.1) is 0 Å². The number of benzene rings is 1. The summed E-state index contributed by atoms with van der Waals surface area (Å²) < 4.78 is 24.1. The molecule has 0 aromatic heterocycles. The molecule has 1 aromatic rings. The maximum atomic E-state index is 12.1. The molecule has 0 spiro atoms. The summed E-state index contributed by atoms with van der Waals surface area (Å²) in [4.78, 5) is 11.8. The second kappa shape index (κ2) is 3.31. The molecular weight excluding hydrogens is 226 g/mol. The highest BCUT2D eigenvalue weighted by Crippen LogP contribution is 2.33. The van der Waals surface area contributed by atoms with Crippen molar-refractivity contribution in [2.45, 2.75) is 30.9 Å². The third kappa shape index (κ3) is 1.43. The fraction of sp³-hybridized carbons (Fsp3) is 0.364. The van der Waals surface area contributed by atoms with Gasteiger partial charge in [-0.3, -0.25) is 4.79 Å². The molecule has 5 heteroatoms. The Balaban J connectivity index is 2.81. The van der Waals surface area contributed by atoms with Crippen molar-refractivity contribution < 1.29 is 13.2 Å². The number of amides is 1. The predicted molar refractivity (Wildman–Crippen MR) is 61.2 cm³/mol. The van der Waals surface area contributed by atoms with Crippen molar-refractivity contribution >= 4 is 21.4 Å². The van der Waals surface area contributed by atoms with Crippen molar-refractivity contribution in [3.8, 4) is 0 Å². The minimum absolute atomic E-state index is 0.233. The molecule has 1 N–H and O–H groups in total. The van der Waals surface area contributed by atoms with Gasteiger partial charge in [0.25, 0.3) is 0 Å². The minimum atomic E-state index is -3.53. The Morgan fingerprint density at radius 2 is 1.88 bits per heavy atom. The Labute approximate surface area is 94.6 Å². The molecule has 1 atom stereocenters. The Bertz CT molecular complexity index is 575. The number of carbonyl (C=O) groups is 1. The zero-order chi connectivity index (χ0) is 12.1. The first-order valence-electron chi connectivity index (χ1n) is 5.00. The molecule has 0 aliphatic carbocycles. The minimum Gasteiger partial charge on any atom is -0.324 e. The van der Waals surface area contributed by atoms with Crippen LogP contribution in [-0.2, 0) is 14.6 Å². The number of rotatable bonds is 0. The molecule has 0 saturated carbocycles. The smallest absolute Gasteiger partial charge is 0.242 e. The van der Waals surface area contributed by atoms with E-state index in [1.165, 1.54) is 6.92 Å². The number of nitrogens with one attached hydrogen (secondary N) is 1. The van der Waals surface area contributed by atoms with Gasteiger partial charge in [-0.1, -0.05) is 6.07 Å². The molecule has 1 aliphatic heterocycles. The fourth-order valence-corrected chi connectivity index (χ4v) is 3.44. The molecule has 4 nitrogen and oxygen atoms in total. The Hall–Kier alpha value is -1.36. The Morgan fingerprint density at radius 1 is 1.25 bits per heavy atom.